The molecule has 0 amide bonds. The first-order chi connectivity index (χ1) is 6.79. The Morgan fingerprint density at radius 1 is 1.07 bits per heavy atom. The van der Waals surface area contributed by atoms with Gasteiger partial charge in [0.05, 0.1) is 18.2 Å². The van der Waals surface area contributed by atoms with Gasteiger partial charge in [-0.3, -0.25) is 0 Å². The Kier molecular flexibility index (Phi) is 2.14. The van der Waals surface area contributed by atoms with E-state index in [-0.39, 0.29) is 0 Å². The van der Waals surface area contributed by atoms with Crippen molar-refractivity contribution >= 4 is 11.3 Å². The van der Waals surface area contributed by atoms with Crippen LogP contribution in [0.3, 0.4) is 0 Å². The van der Waals surface area contributed by atoms with Gasteiger partial charge in [-0.25, -0.2) is 0 Å². The van der Waals surface area contributed by atoms with E-state index in [0.29, 0.717) is 11.5 Å². The van der Waals surface area contributed by atoms with Crippen LogP contribution in [0.25, 0.3) is 11.3 Å². The summed E-state index contributed by atoms with van der Waals surface area (Å²) in [6, 6.07) is 7.32. The van der Waals surface area contributed by atoms with Crippen molar-refractivity contribution in [2.24, 2.45) is 5.73 Å². The van der Waals surface area contributed by atoms with E-state index in [1.54, 1.807) is 18.6 Å². The van der Waals surface area contributed by atoms with Crippen LogP contribution in [0.15, 0.2) is 45.6 Å². The van der Waals surface area contributed by atoms with Crippen LogP contribution in [-0.2, 0) is 0 Å². The van der Waals surface area contributed by atoms with Crippen LogP contribution >= 0.6 is 0 Å². The second-order valence-corrected chi connectivity index (χ2v) is 2.99. The molecular weight excluding hydrogens is 178 g/mol. The van der Waals surface area contributed by atoms with Crippen LogP contribution in [0.4, 0.5) is 0 Å². The van der Waals surface area contributed by atoms with E-state index in [2.05, 4.69) is 0 Å². The van der Waals surface area contributed by atoms with Crippen LogP contribution < -0.4 is 5.73 Å². The molecule has 0 saturated carbocycles. The molecule has 0 saturated heterocycles. The average molecular weight is 189 g/mol. The van der Waals surface area contributed by atoms with E-state index in [1.807, 2.05) is 25.1 Å². The monoisotopic (exact) mass is 189 g/mol. The summed E-state index contributed by atoms with van der Waals surface area (Å²) in [5.41, 5.74) is 7.38. The third-order valence-corrected chi connectivity index (χ3v) is 2.08. The second kappa shape index (κ2) is 3.46. The van der Waals surface area contributed by atoms with Gasteiger partial charge in [-0.15, -0.1) is 0 Å². The molecule has 0 spiro atoms. The Hall–Kier alpha value is -1.90. The van der Waals surface area contributed by atoms with E-state index >= 15 is 0 Å². The highest BCUT2D eigenvalue weighted by Gasteiger charge is 2.07. The van der Waals surface area contributed by atoms with Crippen LogP contribution in [0.2, 0.25) is 0 Å². The first kappa shape index (κ1) is 8.69. The Labute approximate surface area is 81.8 Å². The topological polar surface area (TPSA) is 52.3 Å². The molecule has 0 fully saturated rings. The fourth-order valence-corrected chi connectivity index (χ4v) is 1.24. The highest BCUT2D eigenvalue weighted by Crippen LogP contribution is 2.22. The summed E-state index contributed by atoms with van der Waals surface area (Å²) >= 11 is 0. The summed E-state index contributed by atoms with van der Waals surface area (Å²) in [6.07, 6.45) is 3.21. The molecule has 3 heteroatoms. The minimum atomic E-state index is 0.602. The highest BCUT2D eigenvalue weighted by atomic mass is 16.3. The quantitative estimate of drug-likeness (QED) is 0.790. The number of allylic oxidation sites excluding steroid dienone is 1. The third-order valence-electron chi connectivity index (χ3n) is 2.08. The third kappa shape index (κ3) is 1.44. The number of nitrogens with two attached hydrogens (primary N) is 1. The summed E-state index contributed by atoms with van der Waals surface area (Å²) in [5, 5.41) is 0. The lowest BCUT2D eigenvalue weighted by Gasteiger charge is -2.01. The molecule has 0 aliphatic heterocycles. The molecule has 72 valence electrons. The van der Waals surface area contributed by atoms with Crippen LogP contribution in [0.5, 0.6) is 0 Å². The molecule has 3 nitrogen and oxygen atoms in total. The van der Waals surface area contributed by atoms with Crippen LogP contribution in [-0.4, -0.2) is 0 Å². The fourth-order valence-electron chi connectivity index (χ4n) is 1.24. The van der Waals surface area contributed by atoms with Crippen molar-refractivity contribution in [2.75, 3.05) is 0 Å². The maximum Gasteiger partial charge on any atom is 0.149 e. The number of hydrogen-bond acceptors (Lipinski definition) is 3. The Morgan fingerprint density at radius 3 is 2.14 bits per heavy atom. The SMILES string of the molecule is C/C(=C(\N)c1ccco1)c1ccco1. The Bertz CT molecular complexity index is 382. The lowest BCUT2D eigenvalue weighted by Crippen LogP contribution is -1.97. The van der Waals surface area contributed by atoms with Gasteiger partial charge in [0.25, 0.3) is 0 Å². The predicted octanol–water partition coefficient (Wildman–Crippen LogP) is 2.72. The average Bonchev–Trinajstić information content (AvgIpc) is 2.87. The maximum absolute atomic E-state index is 5.90. The lowest BCUT2D eigenvalue weighted by molar-refractivity contribution is 0.546. The predicted molar refractivity (Wildman–Crippen MR) is 54.1 cm³/mol. The first-order valence-electron chi connectivity index (χ1n) is 4.33. The standard InChI is InChI=1S/C11H11NO2/c1-8(9-4-2-6-13-9)11(12)10-5-3-7-14-10/h2-7H,12H2,1H3/b11-8+. The molecule has 0 bridgehead atoms. The summed E-state index contributed by atoms with van der Waals surface area (Å²) in [7, 11) is 0. The fraction of sp³-hybridized carbons (Fsp3) is 0.0909. The van der Waals surface area contributed by atoms with Gasteiger partial charge in [0.1, 0.15) is 11.5 Å². The van der Waals surface area contributed by atoms with Crippen molar-refractivity contribution in [1.29, 1.82) is 0 Å². The van der Waals surface area contributed by atoms with Crippen molar-refractivity contribution < 1.29 is 8.83 Å². The zero-order chi connectivity index (χ0) is 9.97. The molecule has 2 aromatic heterocycles. The molecule has 2 N–H and O–H groups in total. The van der Waals surface area contributed by atoms with Gasteiger partial charge < -0.3 is 14.6 Å². The van der Waals surface area contributed by atoms with E-state index < -0.39 is 0 Å². The molecule has 0 radical (unpaired) electrons. The molecule has 0 atom stereocenters. The van der Waals surface area contributed by atoms with E-state index in [1.165, 1.54) is 0 Å². The summed E-state index contributed by atoms with van der Waals surface area (Å²) in [5.74, 6) is 1.43. The summed E-state index contributed by atoms with van der Waals surface area (Å²) in [6.45, 7) is 1.90. The van der Waals surface area contributed by atoms with Gasteiger partial charge >= 0.3 is 0 Å². The van der Waals surface area contributed by atoms with Gasteiger partial charge in [0, 0.05) is 5.57 Å². The van der Waals surface area contributed by atoms with E-state index in [0.717, 1.165) is 11.3 Å². The zero-order valence-electron chi connectivity index (χ0n) is 7.86. The number of hydrogen-bond donors (Lipinski definition) is 1. The summed E-state index contributed by atoms with van der Waals surface area (Å²) in [4.78, 5) is 0. The molecule has 0 aliphatic carbocycles. The number of furan rings is 2. The van der Waals surface area contributed by atoms with Crippen molar-refractivity contribution in [3.05, 3.63) is 48.3 Å². The highest BCUT2D eigenvalue weighted by molar-refractivity contribution is 5.84. The van der Waals surface area contributed by atoms with Gasteiger partial charge in [-0.2, -0.15) is 0 Å². The normalized spacial score (nSPS) is 12.6. The minimum Gasteiger partial charge on any atom is -0.465 e. The van der Waals surface area contributed by atoms with Crippen LogP contribution in [0, 0.1) is 0 Å². The molecule has 0 aliphatic rings. The summed E-state index contributed by atoms with van der Waals surface area (Å²) < 4.78 is 10.4. The van der Waals surface area contributed by atoms with Gasteiger partial charge in [0.15, 0.2) is 0 Å². The van der Waals surface area contributed by atoms with Crippen molar-refractivity contribution in [1.82, 2.24) is 0 Å². The van der Waals surface area contributed by atoms with Crippen molar-refractivity contribution in [3.8, 4) is 0 Å². The smallest absolute Gasteiger partial charge is 0.149 e. The van der Waals surface area contributed by atoms with Crippen molar-refractivity contribution in [2.45, 2.75) is 6.92 Å². The number of rotatable bonds is 2. The molecule has 0 aromatic carbocycles. The molecule has 2 heterocycles. The lowest BCUT2D eigenvalue weighted by atomic mass is 10.1. The Balaban J connectivity index is 2.41. The molecular formula is C11H11NO2. The van der Waals surface area contributed by atoms with E-state index in [4.69, 9.17) is 14.6 Å². The second-order valence-electron chi connectivity index (χ2n) is 2.99. The molecule has 0 unspecified atom stereocenters. The molecule has 2 aromatic rings. The zero-order valence-corrected chi connectivity index (χ0v) is 7.86. The first-order valence-corrected chi connectivity index (χ1v) is 4.33. The molecule has 2 rings (SSSR count). The Morgan fingerprint density at radius 2 is 1.64 bits per heavy atom. The maximum atomic E-state index is 5.90. The van der Waals surface area contributed by atoms with E-state index in [9.17, 15) is 0 Å². The van der Waals surface area contributed by atoms with Gasteiger partial charge in [-0.05, 0) is 31.2 Å². The van der Waals surface area contributed by atoms with Gasteiger partial charge in [-0.1, -0.05) is 0 Å². The van der Waals surface area contributed by atoms with Crippen LogP contribution in [0.1, 0.15) is 18.4 Å². The largest absolute Gasteiger partial charge is 0.465 e. The minimum absolute atomic E-state index is 0.602. The van der Waals surface area contributed by atoms with Gasteiger partial charge in [0.2, 0.25) is 0 Å². The molecule has 14 heavy (non-hydrogen) atoms. The van der Waals surface area contributed by atoms with Crippen molar-refractivity contribution in [3.63, 3.8) is 0 Å².